The Morgan fingerprint density at radius 2 is 2.00 bits per heavy atom. The Balaban J connectivity index is 2.88. The lowest BCUT2D eigenvalue weighted by Crippen LogP contribution is -1.83. The summed E-state index contributed by atoms with van der Waals surface area (Å²) in [6.07, 6.45) is 1.65. The second kappa shape index (κ2) is 2.88. The van der Waals surface area contributed by atoms with Crippen LogP contribution >= 0.6 is 23.2 Å². The van der Waals surface area contributed by atoms with E-state index in [1.807, 2.05) is 12.1 Å². The molecule has 0 N–H and O–H groups in total. The summed E-state index contributed by atoms with van der Waals surface area (Å²) >= 11 is 11.5. The SMILES string of the molecule is Clc1ncc2cccc(Cl)c2n1. The van der Waals surface area contributed by atoms with Gasteiger partial charge in [0.1, 0.15) is 0 Å². The van der Waals surface area contributed by atoms with E-state index in [4.69, 9.17) is 23.2 Å². The summed E-state index contributed by atoms with van der Waals surface area (Å²) in [7, 11) is 0. The largest absolute Gasteiger partial charge is 0.226 e. The third-order valence-corrected chi connectivity index (χ3v) is 2.02. The van der Waals surface area contributed by atoms with Crippen LogP contribution in [-0.2, 0) is 0 Å². The number of nitrogens with zero attached hydrogens (tertiary/aromatic N) is 2. The van der Waals surface area contributed by atoms with Gasteiger partial charge in [-0.05, 0) is 17.7 Å². The molecule has 0 amide bonds. The van der Waals surface area contributed by atoms with Gasteiger partial charge in [0.2, 0.25) is 5.28 Å². The Kier molecular flexibility index (Phi) is 1.87. The zero-order valence-corrected chi connectivity index (χ0v) is 7.47. The first-order valence-corrected chi connectivity index (χ1v) is 4.10. The molecule has 0 aliphatic carbocycles. The second-order valence-corrected chi connectivity index (χ2v) is 3.06. The van der Waals surface area contributed by atoms with Crippen LogP contribution in [0.4, 0.5) is 0 Å². The second-order valence-electron chi connectivity index (χ2n) is 2.32. The molecule has 0 atom stereocenters. The molecule has 0 fully saturated rings. The lowest BCUT2D eigenvalue weighted by atomic mass is 10.2. The number of aromatic nitrogens is 2. The van der Waals surface area contributed by atoms with Gasteiger partial charge in [-0.25, -0.2) is 9.97 Å². The minimum absolute atomic E-state index is 0.218. The van der Waals surface area contributed by atoms with Gasteiger partial charge in [-0.1, -0.05) is 23.7 Å². The van der Waals surface area contributed by atoms with E-state index in [0.29, 0.717) is 10.5 Å². The summed E-state index contributed by atoms with van der Waals surface area (Å²) in [6.45, 7) is 0. The van der Waals surface area contributed by atoms with Crippen LogP contribution in [0.2, 0.25) is 10.3 Å². The maximum Gasteiger partial charge on any atom is 0.222 e. The summed E-state index contributed by atoms with van der Waals surface area (Å²) in [5, 5.41) is 1.71. The average molecular weight is 199 g/mol. The van der Waals surface area contributed by atoms with Crippen LogP contribution < -0.4 is 0 Å². The predicted octanol–water partition coefficient (Wildman–Crippen LogP) is 2.94. The minimum atomic E-state index is 0.218. The highest BCUT2D eigenvalue weighted by Gasteiger charge is 2.00. The fraction of sp³-hybridized carbons (Fsp3) is 0. The third-order valence-electron chi connectivity index (χ3n) is 1.53. The van der Waals surface area contributed by atoms with Gasteiger partial charge in [0.15, 0.2) is 0 Å². The van der Waals surface area contributed by atoms with E-state index in [0.717, 1.165) is 5.39 Å². The molecular formula is C8H4Cl2N2. The monoisotopic (exact) mass is 198 g/mol. The first kappa shape index (κ1) is 7.77. The fourth-order valence-electron chi connectivity index (χ4n) is 0.998. The van der Waals surface area contributed by atoms with Crippen LogP contribution in [0.1, 0.15) is 0 Å². The highest BCUT2D eigenvalue weighted by Crippen LogP contribution is 2.21. The Hall–Kier alpha value is -0.860. The normalized spacial score (nSPS) is 10.5. The molecule has 4 heteroatoms. The van der Waals surface area contributed by atoms with Gasteiger partial charge >= 0.3 is 0 Å². The zero-order chi connectivity index (χ0) is 8.55. The highest BCUT2D eigenvalue weighted by atomic mass is 35.5. The minimum Gasteiger partial charge on any atom is -0.226 e. The first-order valence-electron chi connectivity index (χ1n) is 3.34. The Morgan fingerprint density at radius 3 is 2.83 bits per heavy atom. The van der Waals surface area contributed by atoms with Crippen LogP contribution in [0.15, 0.2) is 24.4 Å². The molecule has 1 heterocycles. The van der Waals surface area contributed by atoms with E-state index in [-0.39, 0.29) is 5.28 Å². The molecule has 0 bridgehead atoms. The Labute approximate surface area is 79.2 Å². The fourth-order valence-corrected chi connectivity index (χ4v) is 1.36. The molecule has 60 valence electrons. The van der Waals surface area contributed by atoms with Crippen molar-refractivity contribution in [3.8, 4) is 0 Å². The molecule has 2 rings (SSSR count). The van der Waals surface area contributed by atoms with Crippen molar-refractivity contribution in [2.24, 2.45) is 0 Å². The van der Waals surface area contributed by atoms with Crippen molar-refractivity contribution in [1.82, 2.24) is 9.97 Å². The van der Waals surface area contributed by atoms with Gasteiger partial charge < -0.3 is 0 Å². The first-order chi connectivity index (χ1) is 5.77. The van der Waals surface area contributed by atoms with Crippen molar-refractivity contribution in [2.75, 3.05) is 0 Å². The molecule has 0 unspecified atom stereocenters. The van der Waals surface area contributed by atoms with E-state index in [1.165, 1.54) is 0 Å². The summed E-state index contributed by atoms with van der Waals surface area (Å²) in [6, 6.07) is 5.51. The number of halogens is 2. The predicted molar refractivity (Wildman–Crippen MR) is 49.6 cm³/mol. The maximum atomic E-state index is 5.88. The molecule has 2 aromatic rings. The standard InChI is InChI=1S/C8H4Cl2N2/c9-6-3-1-2-5-4-11-8(10)12-7(5)6/h1-4H. The van der Waals surface area contributed by atoms with E-state index < -0.39 is 0 Å². The topological polar surface area (TPSA) is 25.8 Å². The van der Waals surface area contributed by atoms with Crippen LogP contribution in [0.3, 0.4) is 0 Å². The van der Waals surface area contributed by atoms with Gasteiger partial charge in [0.25, 0.3) is 0 Å². The van der Waals surface area contributed by atoms with Crippen LogP contribution in [0.5, 0.6) is 0 Å². The number of fused-ring (bicyclic) bond motifs is 1. The van der Waals surface area contributed by atoms with E-state index >= 15 is 0 Å². The van der Waals surface area contributed by atoms with E-state index in [2.05, 4.69) is 9.97 Å². The van der Waals surface area contributed by atoms with Crippen molar-refractivity contribution >= 4 is 34.1 Å². The number of hydrogen-bond acceptors (Lipinski definition) is 2. The molecule has 12 heavy (non-hydrogen) atoms. The van der Waals surface area contributed by atoms with Gasteiger partial charge in [0.05, 0.1) is 10.5 Å². The van der Waals surface area contributed by atoms with Crippen LogP contribution in [0.25, 0.3) is 10.9 Å². The van der Waals surface area contributed by atoms with E-state index in [1.54, 1.807) is 12.3 Å². The van der Waals surface area contributed by atoms with Crippen molar-refractivity contribution in [1.29, 1.82) is 0 Å². The summed E-state index contributed by atoms with van der Waals surface area (Å²) in [5.41, 5.74) is 0.694. The molecule has 0 radical (unpaired) electrons. The average Bonchev–Trinajstić information content (AvgIpc) is 2.07. The molecule has 2 nitrogen and oxygen atoms in total. The van der Waals surface area contributed by atoms with Gasteiger partial charge in [-0.2, -0.15) is 0 Å². The lowest BCUT2D eigenvalue weighted by molar-refractivity contribution is 1.22. The summed E-state index contributed by atoms with van der Waals surface area (Å²) < 4.78 is 0. The number of rotatable bonds is 0. The Bertz CT molecular complexity index is 428. The molecule has 0 spiro atoms. The summed E-state index contributed by atoms with van der Waals surface area (Å²) in [5.74, 6) is 0. The molecular weight excluding hydrogens is 195 g/mol. The van der Waals surface area contributed by atoms with Gasteiger partial charge in [-0.15, -0.1) is 0 Å². The summed E-state index contributed by atoms with van der Waals surface area (Å²) in [4.78, 5) is 7.84. The Morgan fingerprint density at radius 1 is 1.17 bits per heavy atom. The van der Waals surface area contributed by atoms with Crippen LogP contribution in [0, 0.1) is 0 Å². The smallest absolute Gasteiger partial charge is 0.222 e. The number of benzene rings is 1. The molecule has 0 aliphatic heterocycles. The van der Waals surface area contributed by atoms with Crippen LogP contribution in [-0.4, -0.2) is 9.97 Å². The van der Waals surface area contributed by atoms with Crippen molar-refractivity contribution < 1.29 is 0 Å². The number of para-hydroxylation sites is 1. The number of hydrogen-bond donors (Lipinski definition) is 0. The van der Waals surface area contributed by atoms with Gasteiger partial charge in [-0.3, -0.25) is 0 Å². The van der Waals surface area contributed by atoms with Crippen molar-refractivity contribution in [2.45, 2.75) is 0 Å². The third kappa shape index (κ3) is 1.24. The molecule has 0 aliphatic rings. The lowest BCUT2D eigenvalue weighted by Gasteiger charge is -1.97. The maximum absolute atomic E-state index is 5.88. The van der Waals surface area contributed by atoms with Gasteiger partial charge in [0, 0.05) is 11.6 Å². The molecule has 0 saturated carbocycles. The van der Waals surface area contributed by atoms with Crippen molar-refractivity contribution in [3.63, 3.8) is 0 Å². The highest BCUT2D eigenvalue weighted by molar-refractivity contribution is 6.35. The molecule has 1 aromatic heterocycles. The van der Waals surface area contributed by atoms with Crippen molar-refractivity contribution in [3.05, 3.63) is 34.7 Å². The molecule has 1 aromatic carbocycles. The molecule has 0 saturated heterocycles. The quantitative estimate of drug-likeness (QED) is 0.609. The van der Waals surface area contributed by atoms with E-state index in [9.17, 15) is 0 Å². The zero-order valence-electron chi connectivity index (χ0n) is 5.96.